The van der Waals surface area contributed by atoms with Gasteiger partial charge in [0.15, 0.2) is 0 Å². The van der Waals surface area contributed by atoms with Gasteiger partial charge >= 0.3 is 5.97 Å². The van der Waals surface area contributed by atoms with Crippen molar-refractivity contribution in [3.05, 3.63) is 48.0 Å². The summed E-state index contributed by atoms with van der Waals surface area (Å²) >= 11 is 0. The molecule has 106 valence electrons. The fourth-order valence-electron chi connectivity index (χ4n) is 1.52. The molecule has 0 saturated heterocycles. The normalized spacial score (nSPS) is 11.9. The molecule has 19 heavy (non-hydrogen) atoms. The molecular weight excluding hydrogens is 262 g/mol. The Morgan fingerprint density at radius 3 is 2.68 bits per heavy atom. The maximum atomic E-state index is 11.4. The molecule has 0 aliphatic rings. The summed E-state index contributed by atoms with van der Waals surface area (Å²) in [5.74, 6) is -0.342. The van der Waals surface area contributed by atoms with Gasteiger partial charge < -0.3 is 10.5 Å². The van der Waals surface area contributed by atoms with Gasteiger partial charge in [0.05, 0.1) is 0 Å². The van der Waals surface area contributed by atoms with E-state index in [1.54, 1.807) is 6.08 Å². The summed E-state index contributed by atoms with van der Waals surface area (Å²) in [6.45, 7) is 2.42. The van der Waals surface area contributed by atoms with Crippen molar-refractivity contribution in [3.8, 4) is 0 Å². The Hall–Kier alpha value is -1.32. The predicted octanol–water partition coefficient (Wildman–Crippen LogP) is 3.23. The fourth-order valence-corrected chi connectivity index (χ4v) is 1.52. The van der Waals surface area contributed by atoms with E-state index in [-0.39, 0.29) is 24.4 Å². The number of nitrogens with two attached hydrogens (primary N) is 1. The Morgan fingerprint density at radius 2 is 2.05 bits per heavy atom. The highest BCUT2D eigenvalue weighted by molar-refractivity contribution is 5.85. The number of carbonyl (C=O) groups excluding carboxylic acids is 1. The third-order valence-electron chi connectivity index (χ3n) is 2.59. The number of carbonyl (C=O) groups is 1. The van der Waals surface area contributed by atoms with Crippen LogP contribution in [-0.4, -0.2) is 12.0 Å². The minimum atomic E-state index is -0.342. The maximum Gasteiger partial charge on any atom is 0.330 e. The van der Waals surface area contributed by atoms with Crippen molar-refractivity contribution in [1.82, 2.24) is 0 Å². The number of unbranched alkanes of at least 4 members (excludes halogenated alkanes) is 1. The molecule has 1 rings (SSSR count). The summed E-state index contributed by atoms with van der Waals surface area (Å²) in [5, 5.41) is 0. The molecule has 0 aliphatic heterocycles. The average Bonchev–Trinajstić information content (AvgIpc) is 2.41. The zero-order valence-corrected chi connectivity index (χ0v) is 12.1. The van der Waals surface area contributed by atoms with Crippen LogP contribution in [0.15, 0.2) is 42.5 Å². The van der Waals surface area contributed by atoms with Gasteiger partial charge in [-0.05, 0) is 12.0 Å². The highest BCUT2D eigenvalue weighted by atomic mass is 35.5. The van der Waals surface area contributed by atoms with Crippen LogP contribution in [-0.2, 0) is 16.1 Å². The van der Waals surface area contributed by atoms with E-state index >= 15 is 0 Å². The van der Waals surface area contributed by atoms with E-state index in [1.807, 2.05) is 30.3 Å². The Kier molecular flexibility index (Phi) is 9.85. The number of hydrogen-bond acceptors (Lipinski definition) is 3. The first-order chi connectivity index (χ1) is 8.72. The highest BCUT2D eigenvalue weighted by Crippen LogP contribution is 2.02. The summed E-state index contributed by atoms with van der Waals surface area (Å²) in [6, 6.07) is 9.54. The van der Waals surface area contributed by atoms with E-state index in [4.69, 9.17) is 10.5 Å². The van der Waals surface area contributed by atoms with Crippen molar-refractivity contribution in [2.45, 2.75) is 38.8 Å². The van der Waals surface area contributed by atoms with Gasteiger partial charge in [-0.15, -0.1) is 12.4 Å². The second kappa shape index (κ2) is 10.6. The molecular formula is C15H22ClNO2. The number of halogens is 1. The third kappa shape index (κ3) is 8.41. The second-order valence-corrected chi connectivity index (χ2v) is 4.26. The van der Waals surface area contributed by atoms with Crippen molar-refractivity contribution < 1.29 is 9.53 Å². The Bertz CT molecular complexity index is 379. The summed E-state index contributed by atoms with van der Waals surface area (Å²) in [4.78, 5) is 11.4. The van der Waals surface area contributed by atoms with E-state index in [1.165, 1.54) is 6.08 Å². The van der Waals surface area contributed by atoms with Crippen LogP contribution in [0.5, 0.6) is 0 Å². The zero-order valence-electron chi connectivity index (χ0n) is 11.2. The van der Waals surface area contributed by atoms with Crippen molar-refractivity contribution in [3.63, 3.8) is 0 Å². The van der Waals surface area contributed by atoms with E-state index in [0.29, 0.717) is 6.61 Å². The molecule has 0 radical (unpaired) electrons. The molecule has 1 aromatic carbocycles. The molecule has 0 bridgehead atoms. The van der Waals surface area contributed by atoms with Crippen LogP contribution in [0.1, 0.15) is 31.7 Å². The van der Waals surface area contributed by atoms with Crippen LogP contribution in [0.2, 0.25) is 0 Å². The Balaban J connectivity index is 0.00000324. The molecule has 0 unspecified atom stereocenters. The third-order valence-corrected chi connectivity index (χ3v) is 2.59. The quantitative estimate of drug-likeness (QED) is 0.617. The lowest BCUT2D eigenvalue weighted by Crippen LogP contribution is -2.17. The van der Waals surface area contributed by atoms with Crippen molar-refractivity contribution >= 4 is 18.4 Å². The molecule has 0 heterocycles. The molecule has 1 atom stereocenters. The number of ether oxygens (including phenoxy) is 1. The van der Waals surface area contributed by atoms with Gasteiger partial charge in [0.2, 0.25) is 0 Å². The van der Waals surface area contributed by atoms with Gasteiger partial charge in [0.25, 0.3) is 0 Å². The number of benzene rings is 1. The molecule has 0 spiro atoms. The summed E-state index contributed by atoms with van der Waals surface area (Å²) in [5.41, 5.74) is 6.80. The van der Waals surface area contributed by atoms with Crippen molar-refractivity contribution in [1.29, 1.82) is 0 Å². The zero-order chi connectivity index (χ0) is 13.2. The number of hydrogen-bond donors (Lipinski definition) is 1. The van der Waals surface area contributed by atoms with Crippen molar-refractivity contribution in [2.75, 3.05) is 0 Å². The van der Waals surface area contributed by atoms with E-state index in [9.17, 15) is 4.79 Å². The largest absolute Gasteiger partial charge is 0.458 e. The topological polar surface area (TPSA) is 52.3 Å². The smallest absolute Gasteiger partial charge is 0.330 e. The molecule has 3 nitrogen and oxygen atoms in total. The highest BCUT2D eigenvalue weighted by Gasteiger charge is 2.00. The van der Waals surface area contributed by atoms with Crippen LogP contribution >= 0.6 is 12.4 Å². The molecule has 0 fully saturated rings. The van der Waals surface area contributed by atoms with Gasteiger partial charge in [-0.3, -0.25) is 0 Å². The first kappa shape index (κ1) is 17.7. The van der Waals surface area contributed by atoms with Crippen molar-refractivity contribution in [2.24, 2.45) is 5.73 Å². The molecule has 0 aliphatic carbocycles. The van der Waals surface area contributed by atoms with Crippen LogP contribution in [0.25, 0.3) is 0 Å². The van der Waals surface area contributed by atoms with Gasteiger partial charge in [0, 0.05) is 12.1 Å². The summed E-state index contributed by atoms with van der Waals surface area (Å²) < 4.78 is 5.10. The lowest BCUT2D eigenvalue weighted by atomic mass is 10.1. The molecule has 0 saturated carbocycles. The number of rotatable bonds is 7. The first-order valence-electron chi connectivity index (χ1n) is 6.37. The lowest BCUT2D eigenvalue weighted by Gasteiger charge is -2.05. The average molecular weight is 284 g/mol. The van der Waals surface area contributed by atoms with Gasteiger partial charge in [-0.1, -0.05) is 56.2 Å². The van der Waals surface area contributed by atoms with Crippen LogP contribution in [0.3, 0.4) is 0 Å². The molecule has 2 N–H and O–H groups in total. The van der Waals surface area contributed by atoms with E-state index in [0.717, 1.165) is 24.8 Å². The minimum absolute atomic E-state index is 0. The molecule has 0 aromatic heterocycles. The summed E-state index contributed by atoms with van der Waals surface area (Å²) in [7, 11) is 0. The van der Waals surface area contributed by atoms with Crippen LogP contribution in [0, 0.1) is 0 Å². The molecule has 0 amide bonds. The Morgan fingerprint density at radius 1 is 1.37 bits per heavy atom. The van der Waals surface area contributed by atoms with Gasteiger partial charge in [-0.2, -0.15) is 0 Å². The monoisotopic (exact) mass is 283 g/mol. The standard InChI is InChI=1S/C15H21NO2.ClH/c1-2-3-9-14(16)10-11-15(17)18-12-13-7-5-4-6-8-13;/h4-8,10-11,14H,2-3,9,12,16H2,1H3;1H/b11-10+;/t14-;/m0./s1. The molecule has 1 aromatic rings. The first-order valence-corrected chi connectivity index (χ1v) is 6.37. The molecule has 4 heteroatoms. The predicted molar refractivity (Wildman–Crippen MR) is 80.1 cm³/mol. The van der Waals surface area contributed by atoms with Crippen LogP contribution in [0.4, 0.5) is 0 Å². The fraction of sp³-hybridized carbons (Fsp3) is 0.400. The Labute approximate surface area is 121 Å². The SMILES string of the molecule is CCCC[C@H](N)/C=C/C(=O)OCc1ccccc1.Cl. The van der Waals surface area contributed by atoms with Gasteiger partial charge in [-0.25, -0.2) is 4.79 Å². The van der Waals surface area contributed by atoms with Gasteiger partial charge in [0.1, 0.15) is 6.61 Å². The lowest BCUT2D eigenvalue weighted by molar-refractivity contribution is -0.139. The summed E-state index contributed by atoms with van der Waals surface area (Å²) in [6.07, 6.45) is 6.22. The minimum Gasteiger partial charge on any atom is -0.458 e. The maximum absolute atomic E-state index is 11.4. The van der Waals surface area contributed by atoms with E-state index in [2.05, 4.69) is 6.92 Å². The van der Waals surface area contributed by atoms with Crippen LogP contribution < -0.4 is 5.73 Å². The number of esters is 1. The van der Waals surface area contributed by atoms with E-state index < -0.39 is 0 Å². The second-order valence-electron chi connectivity index (χ2n) is 4.26.